The fourth-order valence-electron chi connectivity index (χ4n) is 3.15. The molecule has 0 spiro atoms. The second kappa shape index (κ2) is 11.7. The van der Waals surface area contributed by atoms with E-state index in [4.69, 9.17) is 14.5 Å². The Morgan fingerprint density at radius 3 is 2.33 bits per heavy atom. The molecule has 1 aliphatic rings. The molecule has 1 aromatic rings. The van der Waals surface area contributed by atoms with Crippen LogP contribution < -0.4 is 20.1 Å². The van der Waals surface area contributed by atoms with Gasteiger partial charge in [0.25, 0.3) is 0 Å². The van der Waals surface area contributed by atoms with Crippen LogP contribution >= 0.6 is 0 Å². The van der Waals surface area contributed by atoms with E-state index < -0.39 is 0 Å². The SMILES string of the molecule is CCNC(=NCc1ccc(OC)c(OC)c1)NCCN1CCN(CC)CC1. The lowest BCUT2D eigenvalue weighted by atomic mass is 10.2. The summed E-state index contributed by atoms with van der Waals surface area (Å²) in [6.07, 6.45) is 0. The van der Waals surface area contributed by atoms with Gasteiger partial charge in [-0.1, -0.05) is 13.0 Å². The first-order valence-corrected chi connectivity index (χ1v) is 9.87. The molecule has 0 aliphatic carbocycles. The number of ether oxygens (including phenoxy) is 2. The Labute approximate surface area is 163 Å². The molecule has 7 heteroatoms. The van der Waals surface area contributed by atoms with Crippen LogP contribution in [0.3, 0.4) is 0 Å². The lowest BCUT2D eigenvalue weighted by molar-refractivity contribution is 0.139. The van der Waals surface area contributed by atoms with E-state index >= 15 is 0 Å². The molecule has 1 aliphatic heterocycles. The van der Waals surface area contributed by atoms with E-state index in [2.05, 4.69) is 34.3 Å². The number of rotatable bonds is 9. The van der Waals surface area contributed by atoms with Gasteiger partial charge in [0.15, 0.2) is 17.5 Å². The van der Waals surface area contributed by atoms with Gasteiger partial charge < -0.3 is 25.0 Å². The number of nitrogens with one attached hydrogen (secondary N) is 2. The summed E-state index contributed by atoms with van der Waals surface area (Å²) in [5.74, 6) is 2.31. The lowest BCUT2D eigenvalue weighted by Crippen LogP contribution is -2.49. The third-order valence-electron chi connectivity index (χ3n) is 4.84. The van der Waals surface area contributed by atoms with Crippen LogP contribution in [0.5, 0.6) is 11.5 Å². The second-order valence-electron chi connectivity index (χ2n) is 6.59. The molecule has 152 valence electrons. The fraction of sp³-hybridized carbons (Fsp3) is 0.650. The minimum atomic E-state index is 0.588. The summed E-state index contributed by atoms with van der Waals surface area (Å²) in [7, 11) is 3.29. The smallest absolute Gasteiger partial charge is 0.191 e. The van der Waals surface area contributed by atoms with Gasteiger partial charge in [0.2, 0.25) is 0 Å². The topological polar surface area (TPSA) is 61.4 Å². The fourth-order valence-corrected chi connectivity index (χ4v) is 3.15. The molecule has 1 fully saturated rings. The molecule has 0 unspecified atom stereocenters. The number of aliphatic imine (C=N–C) groups is 1. The largest absolute Gasteiger partial charge is 0.493 e. The molecule has 0 saturated carbocycles. The minimum Gasteiger partial charge on any atom is -0.493 e. The van der Waals surface area contributed by atoms with Crippen molar-refractivity contribution < 1.29 is 9.47 Å². The molecule has 0 radical (unpaired) electrons. The van der Waals surface area contributed by atoms with E-state index in [1.807, 2.05) is 18.2 Å². The van der Waals surface area contributed by atoms with Gasteiger partial charge in [0, 0.05) is 45.8 Å². The number of guanidine groups is 1. The zero-order valence-corrected chi connectivity index (χ0v) is 17.3. The average Bonchev–Trinajstić information content (AvgIpc) is 2.72. The molecule has 1 heterocycles. The van der Waals surface area contributed by atoms with Gasteiger partial charge in [-0.15, -0.1) is 0 Å². The van der Waals surface area contributed by atoms with Gasteiger partial charge in [-0.2, -0.15) is 0 Å². The molecule has 7 nitrogen and oxygen atoms in total. The highest BCUT2D eigenvalue weighted by molar-refractivity contribution is 5.79. The maximum atomic E-state index is 5.37. The average molecular weight is 378 g/mol. The summed E-state index contributed by atoms with van der Waals surface area (Å²) in [5, 5.41) is 6.76. The predicted octanol–water partition coefficient (Wildman–Crippen LogP) is 1.40. The first kappa shape index (κ1) is 21.3. The van der Waals surface area contributed by atoms with E-state index in [-0.39, 0.29) is 0 Å². The third-order valence-corrected chi connectivity index (χ3v) is 4.84. The third kappa shape index (κ3) is 6.92. The van der Waals surface area contributed by atoms with Crippen LogP contribution in [0.1, 0.15) is 19.4 Å². The quantitative estimate of drug-likeness (QED) is 0.501. The van der Waals surface area contributed by atoms with Crippen LogP contribution in [0, 0.1) is 0 Å². The highest BCUT2D eigenvalue weighted by atomic mass is 16.5. The van der Waals surface area contributed by atoms with E-state index in [9.17, 15) is 0 Å². The van der Waals surface area contributed by atoms with Gasteiger partial charge in [0.05, 0.1) is 20.8 Å². The standard InChI is InChI=1S/C20H35N5O2/c1-5-21-20(22-9-10-25-13-11-24(6-2)12-14-25)23-16-17-7-8-18(26-3)19(15-17)27-4/h7-8,15H,5-6,9-14,16H2,1-4H3,(H2,21,22,23). The Morgan fingerprint density at radius 2 is 1.70 bits per heavy atom. The van der Waals surface area contributed by atoms with Gasteiger partial charge >= 0.3 is 0 Å². The van der Waals surface area contributed by atoms with Gasteiger partial charge in [0.1, 0.15) is 0 Å². The van der Waals surface area contributed by atoms with Crippen molar-refractivity contribution in [3.05, 3.63) is 23.8 Å². The van der Waals surface area contributed by atoms with Crippen LogP contribution in [0.2, 0.25) is 0 Å². The van der Waals surface area contributed by atoms with Crippen molar-refractivity contribution in [2.24, 2.45) is 4.99 Å². The summed E-state index contributed by atoms with van der Waals surface area (Å²) in [4.78, 5) is 9.70. The summed E-state index contributed by atoms with van der Waals surface area (Å²) in [6.45, 7) is 13.5. The Bertz CT molecular complexity index is 586. The Kier molecular flexibility index (Phi) is 9.21. The summed E-state index contributed by atoms with van der Waals surface area (Å²) >= 11 is 0. The number of nitrogens with zero attached hydrogens (tertiary/aromatic N) is 3. The number of likely N-dealkylation sites (N-methyl/N-ethyl adjacent to an activating group) is 1. The van der Waals surface area contributed by atoms with Crippen LogP contribution in [0.25, 0.3) is 0 Å². The van der Waals surface area contributed by atoms with E-state index in [0.717, 1.165) is 62.3 Å². The first-order valence-electron chi connectivity index (χ1n) is 9.87. The van der Waals surface area contributed by atoms with Gasteiger partial charge in [-0.3, -0.25) is 4.90 Å². The van der Waals surface area contributed by atoms with E-state index in [0.29, 0.717) is 6.54 Å². The van der Waals surface area contributed by atoms with Crippen LogP contribution in [-0.4, -0.2) is 82.3 Å². The molecule has 27 heavy (non-hydrogen) atoms. The Hall–Kier alpha value is -1.99. The zero-order chi connectivity index (χ0) is 19.5. The highest BCUT2D eigenvalue weighted by Crippen LogP contribution is 2.27. The molecule has 2 N–H and O–H groups in total. The van der Waals surface area contributed by atoms with E-state index in [1.54, 1.807) is 14.2 Å². The summed E-state index contributed by atoms with van der Waals surface area (Å²) in [6, 6.07) is 5.90. The molecule has 1 saturated heterocycles. The molecule has 0 bridgehead atoms. The van der Waals surface area contributed by atoms with Crippen molar-refractivity contribution in [2.75, 3.05) is 66.6 Å². The first-order chi connectivity index (χ1) is 13.2. The predicted molar refractivity (Wildman–Crippen MR) is 111 cm³/mol. The summed E-state index contributed by atoms with van der Waals surface area (Å²) in [5.41, 5.74) is 1.08. The normalized spacial score (nSPS) is 16.2. The van der Waals surface area contributed by atoms with Crippen LogP contribution in [-0.2, 0) is 6.54 Å². The van der Waals surface area contributed by atoms with Crippen molar-refractivity contribution in [3.8, 4) is 11.5 Å². The maximum Gasteiger partial charge on any atom is 0.191 e. The van der Waals surface area contributed by atoms with Crippen LogP contribution in [0.4, 0.5) is 0 Å². The van der Waals surface area contributed by atoms with Crippen molar-refractivity contribution in [1.29, 1.82) is 0 Å². The highest BCUT2D eigenvalue weighted by Gasteiger charge is 2.14. The van der Waals surface area contributed by atoms with Crippen molar-refractivity contribution in [2.45, 2.75) is 20.4 Å². The number of methoxy groups -OCH3 is 2. The van der Waals surface area contributed by atoms with Crippen molar-refractivity contribution >= 4 is 5.96 Å². The molecule has 0 amide bonds. The minimum absolute atomic E-state index is 0.588. The van der Waals surface area contributed by atoms with Crippen molar-refractivity contribution in [3.63, 3.8) is 0 Å². The molecular formula is C20H35N5O2. The molecule has 0 aromatic heterocycles. The molecule has 2 rings (SSSR count). The van der Waals surface area contributed by atoms with E-state index in [1.165, 1.54) is 13.1 Å². The Morgan fingerprint density at radius 1 is 1.00 bits per heavy atom. The number of hydrogen-bond acceptors (Lipinski definition) is 5. The second-order valence-corrected chi connectivity index (χ2v) is 6.59. The Balaban J connectivity index is 1.83. The molecule has 0 atom stereocenters. The summed E-state index contributed by atoms with van der Waals surface area (Å²) < 4.78 is 10.7. The number of benzene rings is 1. The number of hydrogen-bond donors (Lipinski definition) is 2. The lowest BCUT2D eigenvalue weighted by Gasteiger charge is -2.34. The van der Waals surface area contributed by atoms with Crippen LogP contribution in [0.15, 0.2) is 23.2 Å². The maximum absolute atomic E-state index is 5.37. The molecular weight excluding hydrogens is 342 g/mol. The number of piperazine rings is 1. The monoisotopic (exact) mass is 377 g/mol. The molecule has 1 aromatic carbocycles. The van der Waals surface area contributed by atoms with Gasteiger partial charge in [-0.25, -0.2) is 4.99 Å². The van der Waals surface area contributed by atoms with Crippen molar-refractivity contribution in [1.82, 2.24) is 20.4 Å². The zero-order valence-electron chi connectivity index (χ0n) is 17.3. The van der Waals surface area contributed by atoms with Gasteiger partial charge in [-0.05, 0) is 31.2 Å².